The molecule has 17 heavy (non-hydrogen) atoms. The zero-order chi connectivity index (χ0) is 12.4. The second-order valence-corrected chi connectivity index (χ2v) is 4.68. The molecule has 90 valence electrons. The summed E-state index contributed by atoms with van der Waals surface area (Å²) in [6, 6.07) is 2.31. The van der Waals surface area contributed by atoms with Crippen LogP contribution in [0.4, 0.5) is 8.78 Å². The summed E-state index contributed by atoms with van der Waals surface area (Å²) in [6.45, 7) is 2.06. The molecule has 1 heterocycles. The van der Waals surface area contributed by atoms with E-state index in [1.165, 1.54) is 17.4 Å². The Balaban J connectivity index is 2.41. The summed E-state index contributed by atoms with van der Waals surface area (Å²) < 4.78 is 26.7. The molecule has 0 saturated heterocycles. The molecule has 0 bridgehead atoms. The minimum Gasteiger partial charge on any atom is -0.330 e. The molecule has 0 aliphatic heterocycles. The van der Waals surface area contributed by atoms with Crippen LogP contribution in [-0.4, -0.2) is 16.7 Å². The number of benzene rings is 1. The average molecular weight is 255 g/mol. The van der Waals surface area contributed by atoms with Gasteiger partial charge in [-0.25, -0.2) is 8.78 Å². The molecule has 0 aliphatic rings. The Morgan fingerprint density at radius 3 is 2.71 bits per heavy atom. The predicted molar refractivity (Wildman–Crippen MR) is 62.8 cm³/mol. The van der Waals surface area contributed by atoms with E-state index in [0.717, 1.165) is 11.1 Å². The van der Waals surface area contributed by atoms with Gasteiger partial charge in [0.05, 0.1) is 0 Å². The monoisotopic (exact) mass is 255 g/mol. The molecule has 3 nitrogen and oxygen atoms in total. The van der Waals surface area contributed by atoms with Crippen molar-refractivity contribution in [3.05, 3.63) is 34.3 Å². The fraction of sp³-hybridized carbons (Fsp3) is 0.273. The van der Waals surface area contributed by atoms with E-state index in [1.54, 1.807) is 6.92 Å². The largest absolute Gasteiger partial charge is 0.330 e. The molecule has 0 fully saturated rings. The number of aromatic nitrogens is 2. The number of nitrogens with two attached hydrogens (primary N) is 1. The third-order valence-electron chi connectivity index (χ3n) is 2.30. The molecule has 0 unspecified atom stereocenters. The molecule has 0 radical (unpaired) electrons. The van der Waals surface area contributed by atoms with E-state index in [0.29, 0.717) is 23.5 Å². The Morgan fingerprint density at radius 1 is 1.24 bits per heavy atom. The lowest BCUT2D eigenvalue weighted by Gasteiger charge is -2.01. The highest BCUT2D eigenvalue weighted by molar-refractivity contribution is 7.14. The number of aryl methyl sites for hydroxylation is 1. The van der Waals surface area contributed by atoms with Gasteiger partial charge in [-0.3, -0.25) is 0 Å². The van der Waals surface area contributed by atoms with Crippen LogP contribution >= 0.6 is 11.3 Å². The molecule has 2 N–H and O–H groups in total. The summed E-state index contributed by atoms with van der Waals surface area (Å²) in [7, 11) is 0. The van der Waals surface area contributed by atoms with Crippen LogP contribution in [-0.2, 0) is 6.42 Å². The number of hydrogen-bond donors (Lipinski definition) is 1. The van der Waals surface area contributed by atoms with Crippen molar-refractivity contribution in [2.45, 2.75) is 13.3 Å². The fourth-order valence-corrected chi connectivity index (χ4v) is 2.28. The van der Waals surface area contributed by atoms with Crippen molar-refractivity contribution in [2.24, 2.45) is 5.73 Å². The van der Waals surface area contributed by atoms with E-state index < -0.39 is 11.6 Å². The van der Waals surface area contributed by atoms with Gasteiger partial charge in [0.25, 0.3) is 0 Å². The molecule has 0 amide bonds. The molecule has 0 saturated carbocycles. The van der Waals surface area contributed by atoms with Gasteiger partial charge in [0.15, 0.2) is 5.01 Å². The minimum atomic E-state index is -0.622. The molecule has 0 aliphatic carbocycles. The molecule has 6 heteroatoms. The fourth-order valence-electron chi connectivity index (χ4n) is 1.41. The SMILES string of the molecule is Cc1cc(-c2nnc(CCN)s2)c(F)cc1F. The highest BCUT2D eigenvalue weighted by Gasteiger charge is 2.13. The van der Waals surface area contributed by atoms with Gasteiger partial charge in [-0.1, -0.05) is 11.3 Å². The van der Waals surface area contributed by atoms with Crippen molar-refractivity contribution in [1.82, 2.24) is 10.2 Å². The van der Waals surface area contributed by atoms with Crippen molar-refractivity contribution in [2.75, 3.05) is 6.54 Å². The predicted octanol–water partition coefficient (Wildman–Crippen LogP) is 2.29. The summed E-state index contributed by atoms with van der Waals surface area (Å²) in [4.78, 5) is 0. The zero-order valence-corrected chi connectivity index (χ0v) is 10.0. The van der Waals surface area contributed by atoms with Crippen molar-refractivity contribution in [3.63, 3.8) is 0 Å². The first-order chi connectivity index (χ1) is 8.11. The van der Waals surface area contributed by atoms with Crippen LogP contribution in [0.5, 0.6) is 0 Å². The molecular formula is C11H11F2N3S. The van der Waals surface area contributed by atoms with Gasteiger partial charge in [0.1, 0.15) is 16.6 Å². The number of hydrogen-bond acceptors (Lipinski definition) is 4. The summed E-state index contributed by atoms with van der Waals surface area (Å²) in [5, 5.41) is 9.00. The minimum absolute atomic E-state index is 0.282. The zero-order valence-electron chi connectivity index (χ0n) is 9.20. The Morgan fingerprint density at radius 2 is 2.00 bits per heavy atom. The maximum atomic E-state index is 13.6. The normalized spacial score (nSPS) is 10.8. The molecule has 2 aromatic rings. The lowest BCUT2D eigenvalue weighted by molar-refractivity contribution is 0.579. The van der Waals surface area contributed by atoms with Gasteiger partial charge >= 0.3 is 0 Å². The van der Waals surface area contributed by atoms with Gasteiger partial charge in [-0.05, 0) is 25.1 Å². The van der Waals surface area contributed by atoms with E-state index in [1.807, 2.05) is 0 Å². The van der Waals surface area contributed by atoms with Crippen LogP contribution in [0.25, 0.3) is 10.6 Å². The van der Waals surface area contributed by atoms with Gasteiger partial charge in [-0.15, -0.1) is 10.2 Å². The van der Waals surface area contributed by atoms with Crippen LogP contribution in [0.3, 0.4) is 0 Å². The average Bonchev–Trinajstić information content (AvgIpc) is 2.72. The second kappa shape index (κ2) is 4.85. The number of nitrogens with zero attached hydrogens (tertiary/aromatic N) is 2. The molecule has 2 rings (SSSR count). The van der Waals surface area contributed by atoms with Crippen LogP contribution in [0.1, 0.15) is 10.6 Å². The van der Waals surface area contributed by atoms with Gasteiger partial charge in [0, 0.05) is 18.1 Å². The maximum absolute atomic E-state index is 13.6. The van der Waals surface area contributed by atoms with E-state index in [4.69, 9.17) is 5.73 Å². The Bertz CT molecular complexity index is 540. The lowest BCUT2D eigenvalue weighted by Crippen LogP contribution is -2.01. The smallest absolute Gasteiger partial charge is 0.150 e. The Labute approximate surface area is 101 Å². The molecule has 1 aromatic heterocycles. The van der Waals surface area contributed by atoms with Crippen molar-refractivity contribution >= 4 is 11.3 Å². The van der Waals surface area contributed by atoms with Gasteiger partial charge in [-0.2, -0.15) is 0 Å². The van der Waals surface area contributed by atoms with Gasteiger partial charge < -0.3 is 5.73 Å². The number of rotatable bonds is 3. The van der Waals surface area contributed by atoms with Crippen molar-refractivity contribution in [1.29, 1.82) is 0 Å². The molecule has 0 spiro atoms. The summed E-state index contributed by atoms with van der Waals surface area (Å²) in [5.41, 5.74) is 6.07. The van der Waals surface area contributed by atoms with E-state index >= 15 is 0 Å². The first-order valence-electron chi connectivity index (χ1n) is 5.10. The van der Waals surface area contributed by atoms with E-state index in [-0.39, 0.29) is 5.56 Å². The molecule has 1 aromatic carbocycles. The molecular weight excluding hydrogens is 244 g/mol. The third kappa shape index (κ3) is 2.48. The van der Waals surface area contributed by atoms with Crippen molar-refractivity contribution in [3.8, 4) is 10.6 Å². The summed E-state index contributed by atoms with van der Waals surface area (Å²) >= 11 is 1.27. The first-order valence-corrected chi connectivity index (χ1v) is 5.92. The Hall–Kier alpha value is -1.40. The quantitative estimate of drug-likeness (QED) is 0.915. The topological polar surface area (TPSA) is 51.8 Å². The van der Waals surface area contributed by atoms with Gasteiger partial charge in [0.2, 0.25) is 0 Å². The lowest BCUT2D eigenvalue weighted by atomic mass is 10.1. The maximum Gasteiger partial charge on any atom is 0.150 e. The van der Waals surface area contributed by atoms with Crippen molar-refractivity contribution < 1.29 is 8.78 Å². The van der Waals surface area contributed by atoms with E-state index in [2.05, 4.69) is 10.2 Å². The summed E-state index contributed by atoms with van der Waals surface area (Å²) in [5.74, 6) is -1.18. The highest BCUT2D eigenvalue weighted by Crippen LogP contribution is 2.28. The highest BCUT2D eigenvalue weighted by atomic mass is 32.1. The third-order valence-corrected chi connectivity index (χ3v) is 3.32. The Kier molecular flexibility index (Phi) is 3.44. The van der Waals surface area contributed by atoms with E-state index in [9.17, 15) is 8.78 Å². The molecule has 0 atom stereocenters. The van der Waals surface area contributed by atoms with Crippen LogP contribution in [0.2, 0.25) is 0 Å². The standard InChI is InChI=1S/C11H11F2N3S/c1-6-4-7(9(13)5-8(6)12)11-16-15-10(17-11)2-3-14/h4-5H,2-3,14H2,1H3. The van der Waals surface area contributed by atoms with Crippen LogP contribution < -0.4 is 5.73 Å². The first kappa shape index (κ1) is 12.1. The second-order valence-electron chi connectivity index (χ2n) is 3.62. The van der Waals surface area contributed by atoms with Crippen LogP contribution in [0, 0.1) is 18.6 Å². The van der Waals surface area contributed by atoms with Crippen LogP contribution in [0.15, 0.2) is 12.1 Å². The number of halogens is 2. The summed E-state index contributed by atoms with van der Waals surface area (Å²) in [6.07, 6.45) is 0.611.